The van der Waals surface area contributed by atoms with Gasteiger partial charge >= 0.3 is 0 Å². The molecule has 1 amide bonds. The summed E-state index contributed by atoms with van der Waals surface area (Å²) in [4.78, 5) is 12.1. The van der Waals surface area contributed by atoms with Gasteiger partial charge in [-0.3, -0.25) is 4.79 Å². The van der Waals surface area contributed by atoms with Gasteiger partial charge in [0.2, 0.25) is 5.91 Å². The highest BCUT2D eigenvalue weighted by molar-refractivity contribution is 6.36. The summed E-state index contributed by atoms with van der Waals surface area (Å²) < 4.78 is 0. The minimum absolute atomic E-state index is 0.00447. The summed E-state index contributed by atoms with van der Waals surface area (Å²) in [6.45, 7) is 3.02. The van der Waals surface area contributed by atoms with Crippen LogP contribution in [0.25, 0.3) is 0 Å². The van der Waals surface area contributed by atoms with Crippen molar-refractivity contribution in [3.8, 4) is 0 Å². The Labute approximate surface area is 134 Å². The van der Waals surface area contributed by atoms with Crippen molar-refractivity contribution < 1.29 is 9.90 Å². The molecule has 0 spiro atoms. The van der Waals surface area contributed by atoms with E-state index in [0.29, 0.717) is 21.7 Å². The van der Waals surface area contributed by atoms with Crippen molar-refractivity contribution in [3.63, 3.8) is 0 Å². The average Bonchev–Trinajstić information content (AvgIpc) is 2.44. The Hall–Kier alpha value is -0.810. The maximum Gasteiger partial charge on any atom is 0.223 e. The van der Waals surface area contributed by atoms with E-state index in [1.165, 1.54) is 0 Å². The van der Waals surface area contributed by atoms with Crippen LogP contribution in [0.1, 0.15) is 31.4 Å². The highest BCUT2D eigenvalue weighted by atomic mass is 35.5. The van der Waals surface area contributed by atoms with Gasteiger partial charge in [-0.1, -0.05) is 29.3 Å². The van der Waals surface area contributed by atoms with E-state index in [4.69, 9.17) is 23.2 Å². The van der Waals surface area contributed by atoms with Gasteiger partial charge in [0.15, 0.2) is 0 Å². The number of rotatable bonds is 4. The second-order valence-corrected chi connectivity index (χ2v) is 6.29. The Kier molecular flexibility index (Phi) is 5.88. The fourth-order valence-corrected chi connectivity index (χ4v) is 3.29. The van der Waals surface area contributed by atoms with Crippen LogP contribution in [-0.4, -0.2) is 30.1 Å². The Morgan fingerprint density at radius 3 is 2.76 bits per heavy atom. The molecular weight excluding hydrogens is 311 g/mol. The molecule has 1 heterocycles. The highest BCUT2D eigenvalue weighted by Gasteiger charge is 2.25. The monoisotopic (exact) mass is 330 g/mol. The van der Waals surface area contributed by atoms with Crippen molar-refractivity contribution in [1.82, 2.24) is 10.6 Å². The Morgan fingerprint density at radius 2 is 2.14 bits per heavy atom. The molecule has 3 atom stereocenters. The van der Waals surface area contributed by atoms with Gasteiger partial charge in [-0.25, -0.2) is 0 Å². The number of carbonyl (C=O) groups is 1. The molecule has 1 aliphatic heterocycles. The van der Waals surface area contributed by atoms with Gasteiger partial charge in [0, 0.05) is 34.1 Å². The predicted octanol–water partition coefficient (Wildman–Crippen LogP) is 2.53. The number of nitrogens with one attached hydrogen (secondary N) is 2. The first-order chi connectivity index (χ1) is 9.99. The number of carbonyl (C=O) groups excluding carboxylic acids is 1. The van der Waals surface area contributed by atoms with Gasteiger partial charge in [0.05, 0.1) is 6.10 Å². The zero-order valence-electron chi connectivity index (χ0n) is 11.9. The fraction of sp³-hybridized carbons (Fsp3) is 0.533. The molecule has 1 aromatic rings. The first kappa shape index (κ1) is 16.6. The van der Waals surface area contributed by atoms with Crippen LogP contribution >= 0.6 is 23.2 Å². The lowest BCUT2D eigenvalue weighted by atomic mass is 9.92. The maximum atomic E-state index is 12.1. The van der Waals surface area contributed by atoms with Crippen molar-refractivity contribution >= 4 is 29.1 Å². The number of amides is 1. The molecule has 0 aliphatic carbocycles. The van der Waals surface area contributed by atoms with E-state index in [0.717, 1.165) is 19.4 Å². The molecule has 1 fully saturated rings. The molecule has 0 radical (unpaired) electrons. The molecule has 0 bridgehead atoms. The highest BCUT2D eigenvalue weighted by Crippen LogP contribution is 2.30. The Balaban J connectivity index is 1.91. The van der Waals surface area contributed by atoms with Gasteiger partial charge in [0.1, 0.15) is 0 Å². The van der Waals surface area contributed by atoms with E-state index >= 15 is 0 Å². The third-order valence-corrected chi connectivity index (χ3v) is 4.46. The number of hydrogen-bond acceptors (Lipinski definition) is 3. The summed E-state index contributed by atoms with van der Waals surface area (Å²) in [5.41, 5.74) is 0.458. The molecule has 1 aliphatic rings. The zero-order chi connectivity index (χ0) is 15.4. The number of halogens is 2. The molecule has 1 aromatic carbocycles. The van der Waals surface area contributed by atoms with Crippen LogP contribution in [-0.2, 0) is 4.79 Å². The third kappa shape index (κ3) is 4.33. The first-order valence-corrected chi connectivity index (χ1v) is 7.87. The number of hydrogen-bond donors (Lipinski definition) is 3. The molecule has 4 nitrogen and oxygen atoms in total. The summed E-state index contributed by atoms with van der Waals surface area (Å²) in [6.07, 6.45) is 0.725. The van der Waals surface area contributed by atoms with Crippen LogP contribution in [0.15, 0.2) is 18.2 Å². The smallest absolute Gasteiger partial charge is 0.223 e. The molecule has 3 N–H and O–H groups in total. The molecule has 1 unspecified atom stereocenters. The van der Waals surface area contributed by atoms with Gasteiger partial charge in [-0.2, -0.15) is 0 Å². The molecule has 0 aromatic heterocycles. The summed E-state index contributed by atoms with van der Waals surface area (Å²) in [7, 11) is 0. The first-order valence-electron chi connectivity index (χ1n) is 7.12. The summed E-state index contributed by atoms with van der Waals surface area (Å²) in [5.74, 6) is -0.0271. The van der Waals surface area contributed by atoms with Gasteiger partial charge < -0.3 is 15.7 Å². The Bertz CT molecular complexity index is 490. The molecule has 21 heavy (non-hydrogen) atoms. The van der Waals surface area contributed by atoms with E-state index in [-0.39, 0.29) is 18.4 Å². The van der Waals surface area contributed by atoms with Crippen molar-refractivity contribution in [2.75, 3.05) is 13.1 Å². The van der Waals surface area contributed by atoms with E-state index in [2.05, 4.69) is 17.6 Å². The van der Waals surface area contributed by atoms with Crippen molar-refractivity contribution in [2.45, 2.75) is 31.9 Å². The lowest BCUT2D eigenvalue weighted by Gasteiger charge is -2.27. The molecule has 0 saturated carbocycles. The van der Waals surface area contributed by atoms with E-state index in [1.807, 2.05) is 0 Å². The average molecular weight is 331 g/mol. The van der Waals surface area contributed by atoms with E-state index < -0.39 is 6.10 Å². The maximum absolute atomic E-state index is 12.1. The minimum atomic E-state index is -0.908. The number of benzene rings is 1. The number of piperidine rings is 1. The second kappa shape index (κ2) is 7.45. The summed E-state index contributed by atoms with van der Waals surface area (Å²) in [5, 5.41) is 17.1. The molecule has 6 heteroatoms. The van der Waals surface area contributed by atoms with Gasteiger partial charge in [0.25, 0.3) is 0 Å². The molecule has 116 valence electrons. The molecular formula is C15H20Cl2N2O2. The topological polar surface area (TPSA) is 61.4 Å². The predicted molar refractivity (Wildman–Crippen MR) is 84.6 cm³/mol. The fourth-order valence-electron chi connectivity index (χ4n) is 2.64. The zero-order valence-corrected chi connectivity index (χ0v) is 13.4. The lowest BCUT2D eigenvalue weighted by molar-refractivity contribution is -0.126. The van der Waals surface area contributed by atoms with Crippen molar-refractivity contribution in [3.05, 3.63) is 33.8 Å². The third-order valence-electron chi connectivity index (χ3n) is 3.80. The van der Waals surface area contributed by atoms with Crippen LogP contribution in [0.4, 0.5) is 0 Å². The van der Waals surface area contributed by atoms with E-state index in [1.54, 1.807) is 18.2 Å². The van der Waals surface area contributed by atoms with Crippen LogP contribution in [0.2, 0.25) is 10.0 Å². The standard InChI is InChI=1S/C15H20Cl2N2O2/c1-9-7-10(5-6-18-9)15(21)19-8-13(20)14-11(16)3-2-4-12(14)17/h2-4,9-10,13,18,20H,5-8H2,1H3,(H,19,21)/t9-,10-,13?/m0/s1. The van der Waals surface area contributed by atoms with Crippen molar-refractivity contribution in [1.29, 1.82) is 0 Å². The van der Waals surface area contributed by atoms with Crippen molar-refractivity contribution in [2.24, 2.45) is 5.92 Å². The normalized spacial score (nSPS) is 23.6. The van der Waals surface area contributed by atoms with Crippen LogP contribution in [0.5, 0.6) is 0 Å². The van der Waals surface area contributed by atoms with Gasteiger partial charge in [-0.05, 0) is 38.4 Å². The second-order valence-electron chi connectivity index (χ2n) is 5.47. The summed E-state index contributed by atoms with van der Waals surface area (Å²) >= 11 is 12.1. The quantitative estimate of drug-likeness (QED) is 0.795. The molecule has 1 saturated heterocycles. The SMILES string of the molecule is C[C@H]1C[C@@H](C(=O)NCC(O)c2c(Cl)cccc2Cl)CCN1. The lowest BCUT2D eigenvalue weighted by Crippen LogP contribution is -2.43. The van der Waals surface area contributed by atoms with E-state index in [9.17, 15) is 9.90 Å². The van der Waals surface area contributed by atoms with Crippen LogP contribution in [0, 0.1) is 5.92 Å². The van der Waals surface area contributed by atoms with Crippen LogP contribution < -0.4 is 10.6 Å². The molecule has 2 rings (SSSR count). The minimum Gasteiger partial charge on any atom is -0.386 e. The summed E-state index contributed by atoms with van der Waals surface area (Å²) in [6, 6.07) is 5.40. The van der Waals surface area contributed by atoms with Crippen LogP contribution in [0.3, 0.4) is 0 Å². The number of aliphatic hydroxyl groups excluding tert-OH is 1. The largest absolute Gasteiger partial charge is 0.386 e. The number of aliphatic hydroxyl groups is 1. The Morgan fingerprint density at radius 1 is 1.48 bits per heavy atom. The van der Waals surface area contributed by atoms with Gasteiger partial charge in [-0.15, -0.1) is 0 Å².